The highest BCUT2D eigenvalue weighted by molar-refractivity contribution is 6.99. The molecule has 0 saturated heterocycles. The summed E-state index contributed by atoms with van der Waals surface area (Å²) in [5.74, 6) is 0.393. The van der Waals surface area contributed by atoms with Crippen molar-refractivity contribution in [3.05, 3.63) is 60.7 Å². The average Bonchev–Trinajstić information content (AvgIpc) is 2.77. The van der Waals surface area contributed by atoms with Crippen molar-refractivity contribution < 1.29 is 14.6 Å². The molecule has 0 aromatic heterocycles. The van der Waals surface area contributed by atoms with Crippen LogP contribution in [0.2, 0.25) is 5.04 Å². The molecular weight excluding hydrogens is 412 g/mol. The average molecular weight is 453 g/mol. The van der Waals surface area contributed by atoms with Crippen LogP contribution >= 0.6 is 0 Å². The van der Waals surface area contributed by atoms with Crippen LogP contribution in [0.4, 0.5) is 0 Å². The molecule has 3 nitrogen and oxygen atoms in total. The fourth-order valence-electron chi connectivity index (χ4n) is 6.61. The van der Waals surface area contributed by atoms with Gasteiger partial charge in [-0.3, -0.25) is 0 Å². The number of hydrogen-bond acceptors (Lipinski definition) is 3. The summed E-state index contributed by atoms with van der Waals surface area (Å²) in [5.41, 5.74) is -1.37. The Morgan fingerprint density at radius 2 is 1.44 bits per heavy atom. The van der Waals surface area contributed by atoms with E-state index in [1.54, 1.807) is 0 Å². The van der Waals surface area contributed by atoms with Gasteiger partial charge < -0.3 is 14.6 Å². The van der Waals surface area contributed by atoms with Gasteiger partial charge in [0.1, 0.15) is 6.10 Å². The number of fused-ring (bicyclic) bond motifs is 1. The summed E-state index contributed by atoms with van der Waals surface area (Å²) in [4.78, 5) is 0. The highest BCUT2D eigenvalue weighted by Crippen LogP contribution is 2.56. The van der Waals surface area contributed by atoms with E-state index in [-0.39, 0.29) is 16.6 Å². The van der Waals surface area contributed by atoms with E-state index in [9.17, 15) is 10.2 Å². The molecule has 2 aliphatic rings. The van der Waals surface area contributed by atoms with Crippen molar-refractivity contribution in [1.29, 1.82) is 0 Å². The predicted molar refractivity (Wildman–Crippen MR) is 134 cm³/mol. The van der Waals surface area contributed by atoms with Gasteiger partial charge in [-0.05, 0) is 47.0 Å². The fraction of sp³-hybridized carbons (Fsp3) is 0.571. The highest BCUT2D eigenvalue weighted by atomic mass is 28.4. The summed E-state index contributed by atoms with van der Waals surface area (Å²) in [6.07, 6.45) is 3.10. The molecule has 32 heavy (non-hydrogen) atoms. The summed E-state index contributed by atoms with van der Waals surface area (Å²) in [5, 5.41) is 25.8. The molecule has 5 atom stereocenters. The molecule has 2 aromatic rings. The minimum Gasteiger partial charge on any atom is -0.402 e. The van der Waals surface area contributed by atoms with E-state index in [4.69, 9.17) is 4.43 Å². The largest absolute Gasteiger partial charge is 0.402 e. The van der Waals surface area contributed by atoms with E-state index in [1.165, 1.54) is 10.4 Å². The maximum absolute atomic E-state index is 11.9. The molecule has 174 valence electrons. The Bertz CT molecular complexity index is 870. The van der Waals surface area contributed by atoms with E-state index in [0.717, 1.165) is 25.7 Å². The molecule has 2 N–H and O–H groups in total. The molecule has 0 heterocycles. The van der Waals surface area contributed by atoms with Crippen LogP contribution in [0.1, 0.15) is 66.7 Å². The lowest BCUT2D eigenvalue weighted by Gasteiger charge is -2.60. The molecule has 0 bridgehead atoms. The van der Waals surface area contributed by atoms with Gasteiger partial charge in [-0.2, -0.15) is 0 Å². The lowest BCUT2D eigenvalue weighted by molar-refractivity contribution is -0.240. The SMILES string of the molecule is C[C@H]1CCC[C@]2(O)C(O)[C@H](O[Si](c3ccccc3)(c3ccccc3)C(C)(C)C)CC[C@]12C. The Hall–Kier alpha value is -1.46. The maximum atomic E-state index is 11.9. The van der Waals surface area contributed by atoms with Crippen LogP contribution < -0.4 is 10.4 Å². The van der Waals surface area contributed by atoms with E-state index in [0.29, 0.717) is 12.3 Å². The summed E-state index contributed by atoms with van der Waals surface area (Å²) in [6.45, 7) is 11.2. The maximum Gasteiger partial charge on any atom is 0.261 e. The van der Waals surface area contributed by atoms with E-state index in [2.05, 4.69) is 83.1 Å². The van der Waals surface area contributed by atoms with Gasteiger partial charge in [0.25, 0.3) is 8.32 Å². The van der Waals surface area contributed by atoms with Crippen molar-refractivity contribution in [2.45, 2.75) is 89.6 Å². The molecule has 4 heteroatoms. The van der Waals surface area contributed by atoms with Crippen LogP contribution in [0, 0.1) is 11.3 Å². The van der Waals surface area contributed by atoms with Crippen LogP contribution in [0.25, 0.3) is 0 Å². The molecule has 0 spiro atoms. The van der Waals surface area contributed by atoms with Gasteiger partial charge in [-0.25, -0.2) is 0 Å². The lowest BCUT2D eigenvalue weighted by atomic mass is 9.52. The van der Waals surface area contributed by atoms with Crippen molar-refractivity contribution in [3.63, 3.8) is 0 Å². The molecule has 2 aliphatic carbocycles. The summed E-state index contributed by atoms with van der Waals surface area (Å²) in [7, 11) is -2.78. The highest BCUT2D eigenvalue weighted by Gasteiger charge is 2.62. The zero-order valence-corrected chi connectivity index (χ0v) is 21.3. The number of benzene rings is 2. The predicted octanol–water partition coefficient (Wildman–Crippen LogP) is 4.64. The summed E-state index contributed by atoms with van der Waals surface area (Å²) < 4.78 is 7.25. The number of rotatable bonds is 4. The third-order valence-corrected chi connectivity index (χ3v) is 13.9. The van der Waals surface area contributed by atoms with Gasteiger partial charge >= 0.3 is 0 Å². The van der Waals surface area contributed by atoms with Crippen molar-refractivity contribution in [2.24, 2.45) is 11.3 Å². The molecule has 1 unspecified atom stereocenters. The van der Waals surface area contributed by atoms with E-state index < -0.39 is 20.0 Å². The van der Waals surface area contributed by atoms with Gasteiger partial charge in [-0.15, -0.1) is 0 Å². The van der Waals surface area contributed by atoms with Crippen molar-refractivity contribution in [3.8, 4) is 0 Å². The molecule has 2 saturated carbocycles. The first-order chi connectivity index (χ1) is 15.1. The molecule has 0 amide bonds. The second kappa shape index (κ2) is 8.39. The second-order valence-electron chi connectivity index (χ2n) is 11.4. The Morgan fingerprint density at radius 1 is 0.906 bits per heavy atom. The van der Waals surface area contributed by atoms with Crippen LogP contribution in [0.15, 0.2) is 60.7 Å². The van der Waals surface area contributed by atoms with Gasteiger partial charge in [-0.1, -0.05) is 102 Å². The van der Waals surface area contributed by atoms with Gasteiger partial charge in [0.15, 0.2) is 0 Å². The molecular formula is C28H40O3Si. The monoisotopic (exact) mass is 452 g/mol. The topological polar surface area (TPSA) is 49.7 Å². The molecule has 2 fully saturated rings. The van der Waals surface area contributed by atoms with Crippen LogP contribution in [0.5, 0.6) is 0 Å². The third-order valence-electron chi connectivity index (χ3n) is 8.81. The molecule has 0 aliphatic heterocycles. The first-order valence-electron chi connectivity index (χ1n) is 12.3. The van der Waals surface area contributed by atoms with E-state index in [1.807, 2.05) is 12.1 Å². The number of hydrogen-bond donors (Lipinski definition) is 2. The van der Waals surface area contributed by atoms with Crippen molar-refractivity contribution >= 4 is 18.7 Å². The minimum absolute atomic E-state index is 0.154. The quantitative estimate of drug-likeness (QED) is 0.664. The Morgan fingerprint density at radius 3 is 1.94 bits per heavy atom. The fourth-order valence-corrected chi connectivity index (χ4v) is 11.3. The van der Waals surface area contributed by atoms with Gasteiger partial charge in [0.05, 0.1) is 11.7 Å². The zero-order valence-electron chi connectivity index (χ0n) is 20.3. The summed E-state index contributed by atoms with van der Waals surface area (Å²) >= 11 is 0. The third kappa shape index (κ3) is 3.51. The van der Waals surface area contributed by atoms with Crippen molar-refractivity contribution in [2.75, 3.05) is 0 Å². The van der Waals surface area contributed by atoms with Crippen LogP contribution in [-0.2, 0) is 4.43 Å². The number of aliphatic hydroxyl groups is 2. The zero-order chi connectivity index (χ0) is 23.2. The van der Waals surface area contributed by atoms with Gasteiger partial charge in [0, 0.05) is 5.41 Å². The molecule has 0 radical (unpaired) electrons. The Labute approximate surface area is 195 Å². The van der Waals surface area contributed by atoms with E-state index >= 15 is 0 Å². The standard InChI is InChI=1S/C28H40O3Si/c1-21-13-12-19-28(30)25(29)24(18-20-27(21,28)5)31-32(26(2,3)4,22-14-8-6-9-15-22)23-16-10-7-11-17-23/h6-11,14-17,21,24-25,29-30H,12-13,18-20H2,1-5H3/t21-,24+,25?,27+,28-/m0/s1. The smallest absolute Gasteiger partial charge is 0.261 e. The molecule has 2 aromatic carbocycles. The van der Waals surface area contributed by atoms with Crippen LogP contribution in [0.3, 0.4) is 0 Å². The number of aliphatic hydroxyl groups excluding tert-OH is 1. The lowest BCUT2D eigenvalue weighted by Crippen LogP contribution is -2.72. The molecule has 4 rings (SSSR count). The normalized spacial score (nSPS) is 33.5. The first-order valence-corrected chi connectivity index (χ1v) is 14.2. The first kappa shape index (κ1) is 23.7. The second-order valence-corrected chi connectivity index (χ2v) is 15.7. The minimum atomic E-state index is -2.78. The van der Waals surface area contributed by atoms with Crippen LogP contribution in [-0.4, -0.2) is 36.3 Å². The Balaban J connectivity index is 1.81. The summed E-state index contributed by atoms with van der Waals surface area (Å²) in [6, 6.07) is 21.1. The van der Waals surface area contributed by atoms with Gasteiger partial charge in [0.2, 0.25) is 0 Å². The van der Waals surface area contributed by atoms with Crippen molar-refractivity contribution in [1.82, 2.24) is 0 Å². The Kier molecular flexibility index (Phi) is 6.21.